The van der Waals surface area contributed by atoms with E-state index in [1.807, 2.05) is 30.3 Å². The Morgan fingerprint density at radius 2 is 1.80 bits per heavy atom. The number of rotatable bonds is 3. The van der Waals surface area contributed by atoms with Gasteiger partial charge in [-0.25, -0.2) is 13.8 Å². The van der Waals surface area contributed by atoms with Gasteiger partial charge in [0.1, 0.15) is 16.6 Å². The Labute approximate surface area is 119 Å². The molecule has 0 spiro atoms. The van der Waals surface area contributed by atoms with Gasteiger partial charge in [-0.1, -0.05) is 30.3 Å². The predicted molar refractivity (Wildman–Crippen MR) is 76.7 cm³/mol. The Bertz CT molecular complexity index is 722. The summed E-state index contributed by atoms with van der Waals surface area (Å²) in [5, 5.41) is 0.507. The van der Waals surface area contributed by atoms with Crippen LogP contribution in [0.2, 0.25) is 0 Å². The maximum atomic E-state index is 13.7. The largest absolute Gasteiger partial charge is 0.244 e. The van der Waals surface area contributed by atoms with E-state index in [0.717, 1.165) is 23.4 Å². The standard InChI is InChI=1S/C16H11F2NS/c17-12-6-7-15(18)14(9-12)16-19-10-13(20-16)8-11-4-2-1-3-5-11/h1-7,9-10H,8H2. The first-order valence-corrected chi connectivity index (χ1v) is 6.98. The van der Waals surface area contributed by atoms with Gasteiger partial charge in [0.25, 0.3) is 0 Å². The van der Waals surface area contributed by atoms with Crippen molar-refractivity contribution in [3.05, 3.63) is 76.8 Å². The van der Waals surface area contributed by atoms with Gasteiger partial charge in [0.2, 0.25) is 0 Å². The Hall–Kier alpha value is -2.07. The molecule has 1 heterocycles. The van der Waals surface area contributed by atoms with Gasteiger partial charge in [-0.05, 0) is 23.8 Å². The van der Waals surface area contributed by atoms with Crippen molar-refractivity contribution in [2.45, 2.75) is 6.42 Å². The minimum Gasteiger partial charge on any atom is -0.244 e. The monoisotopic (exact) mass is 287 g/mol. The van der Waals surface area contributed by atoms with E-state index in [1.54, 1.807) is 6.20 Å². The normalized spacial score (nSPS) is 10.7. The lowest BCUT2D eigenvalue weighted by molar-refractivity contribution is 0.603. The van der Waals surface area contributed by atoms with E-state index in [2.05, 4.69) is 4.98 Å². The quantitative estimate of drug-likeness (QED) is 0.681. The van der Waals surface area contributed by atoms with Gasteiger partial charge in [-0.15, -0.1) is 11.3 Å². The van der Waals surface area contributed by atoms with Crippen molar-refractivity contribution in [2.75, 3.05) is 0 Å². The van der Waals surface area contributed by atoms with Crippen LogP contribution in [0.1, 0.15) is 10.4 Å². The molecule has 100 valence electrons. The smallest absolute Gasteiger partial charge is 0.133 e. The fourth-order valence-corrected chi connectivity index (χ4v) is 2.94. The average Bonchev–Trinajstić information content (AvgIpc) is 2.91. The summed E-state index contributed by atoms with van der Waals surface area (Å²) in [6.45, 7) is 0. The zero-order chi connectivity index (χ0) is 13.9. The highest BCUT2D eigenvalue weighted by atomic mass is 32.1. The first kappa shape index (κ1) is 12.9. The Balaban J connectivity index is 1.88. The highest BCUT2D eigenvalue weighted by Crippen LogP contribution is 2.29. The summed E-state index contributed by atoms with van der Waals surface area (Å²) < 4.78 is 26.9. The number of halogens is 2. The van der Waals surface area contributed by atoms with Crippen LogP contribution in [0.15, 0.2) is 54.7 Å². The van der Waals surface area contributed by atoms with Gasteiger partial charge in [0, 0.05) is 23.1 Å². The van der Waals surface area contributed by atoms with E-state index in [9.17, 15) is 8.78 Å². The lowest BCUT2D eigenvalue weighted by Crippen LogP contribution is -1.84. The van der Waals surface area contributed by atoms with Gasteiger partial charge in [0.05, 0.1) is 0 Å². The van der Waals surface area contributed by atoms with Gasteiger partial charge >= 0.3 is 0 Å². The number of hydrogen-bond donors (Lipinski definition) is 0. The molecule has 3 aromatic rings. The van der Waals surface area contributed by atoms with Crippen molar-refractivity contribution in [1.82, 2.24) is 4.98 Å². The van der Waals surface area contributed by atoms with Crippen molar-refractivity contribution in [1.29, 1.82) is 0 Å². The molecule has 1 aromatic heterocycles. The number of hydrogen-bond acceptors (Lipinski definition) is 2. The second-order valence-electron chi connectivity index (χ2n) is 4.42. The minimum atomic E-state index is -0.457. The van der Waals surface area contributed by atoms with Crippen LogP contribution in [0.25, 0.3) is 10.6 Å². The molecular formula is C16H11F2NS. The second-order valence-corrected chi connectivity index (χ2v) is 5.53. The predicted octanol–water partition coefficient (Wildman–Crippen LogP) is 4.68. The van der Waals surface area contributed by atoms with Crippen LogP contribution in [-0.2, 0) is 6.42 Å². The Kier molecular flexibility index (Phi) is 3.56. The zero-order valence-corrected chi connectivity index (χ0v) is 11.3. The summed E-state index contributed by atoms with van der Waals surface area (Å²) in [6, 6.07) is 13.4. The van der Waals surface area contributed by atoms with Gasteiger partial charge in [0.15, 0.2) is 0 Å². The molecule has 0 amide bonds. The summed E-state index contributed by atoms with van der Waals surface area (Å²) in [6.07, 6.45) is 2.47. The summed E-state index contributed by atoms with van der Waals surface area (Å²) in [4.78, 5) is 5.22. The molecule has 2 aromatic carbocycles. The minimum absolute atomic E-state index is 0.217. The fourth-order valence-electron chi connectivity index (χ4n) is 1.97. The van der Waals surface area contributed by atoms with Crippen molar-refractivity contribution in [2.24, 2.45) is 0 Å². The molecule has 0 unspecified atom stereocenters. The molecule has 0 aliphatic carbocycles. The van der Waals surface area contributed by atoms with Crippen molar-refractivity contribution in [3.8, 4) is 10.6 Å². The molecule has 0 aliphatic rings. The molecule has 20 heavy (non-hydrogen) atoms. The lowest BCUT2D eigenvalue weighted by atomic mass is 10.1. The average molecular weight is 287 g/mol. The van der Waals surface area contributed by atoms with E-state index in [1.165, 1.54) is 23.0 Å². The Morgan fingerprint density at radius 3 is 2.60 bits per heavy atom. The maximum Gasteiger partial charge on any atom is 0.133 e. The molecule has 0 saturated heterocycles. The molecule has 3 rings (SSSR count). The number of nitrogens with zero attached hydrogens (tertiary/aromatic N) is 1. The first-order valence-electron chi connectivity index (χ1n) is 6.16. The third-order valence-electron chi connectivity index (χ3n) is 2.93. The maximum absolute atomic E-state index is 13.7. The van der Waals surface area contributed by atoms with Crippen molar-refractivity contribution < 1.29 is 8.78 Å². The summed E-state index contributed by atoms with van der Waals surface area (Å²) in [5.74, 6) is -0.909. The number of benzene rings is 2. The highest BCUT2D eigenvalue weighted by molar-refractivity contribution is 7.15. The van der Waals surface area contributed by atoms with E-state index < -0.39 is 11.6 Å². The van der Waals surface area contributed by atoms with Crippen LogP contribution in [0, 0.1) is 11.6 Å². The summed E-state index contributed by atoms with van der Waals surface area (Å²) >= 11 is 1.39. The molecule has 1 nitrogen and oxygen atoms in total. The molecule has 0 aliphatic heterocycles. The molecule has 0 fully saturated rings. The molecule has 0 saturated carbocycles. The molecule has 0 atom stereocenters. The number of aromatic nitrogens is 1. The van der Waals surface area contributed by atoms with E-state index in [-0.39, 0.29) is 5.56 Å². The Morgan fingerprint density at radius 1 is 1.00 bits per heavy atom. The number of thiazole rings is 1. The van der Waals surface area contributed by atoms with E-state index >= 15 is 0 Å². The second kappa shape index (κ2) is 5.51. The molecular weight excluding hydrogens is 276 g/mol. The third-order valence-corrected chi connectivity index (χ3v) is 3.96. The summed E-state index contributed by atoms with van der Waals surface area (Å²) in [7, 11) is 0. The van der Waals surface area contributed by atoms with E-state index in [0.29, 0.717) is 5.01 Å². The van der Waals surface area contributed by atoms with Crippen LogP contribution < -0.4 is 0 Å². The van der Waals surface area contributed by atoms with Crippen LogP contribution in [0.5, 0.6) is 0 Å². The van der Waals surface area contributed by atoms with Crippen molar-refractivity contribution >= 4 is 11.3 Å². The van der Waals surface area contributed by atoms with E-state index in [4.69, 9.17) is 0 Å². The van der Waals surface area contributed by atoms with Crippen molar-refractivity contribution in [3.63, 3.8) is 0 Å². The molecule has 0 N–H and O–H groups in total. The van der Waals surface area contributed by atoms with Crippen LogP contribution in [0.3, 0.4) is 0 Å². The van der Waals surface area contributed by atoms with Crippen LogP contribution in [0.4, 0.5) is 8.78 Å². The van der Waals surface area contributed by atoms with Crippen LogP contribution >= 0.6 is 11.3 Å². The SMILES string of the molecule is Fc1ccc(F)c(-c2ncc(Cc3ccccc3)s2)c1. The van der Waals surface area contributed by atoms with Gasteiger partial charge in [-0.2, -0.15) is 0 Å². The molecule has 4 heteroatoms. The van der Waals surface area contributed by atoms with Crippen LogP contribution in [-0.4, -0.2) is 4.98 Å². The lowest BCUT2D eigenvalue weighted by Gasteiger charge is -1.99. The molecule has 0 radical (unpaired) electrons. The topological polar surface area (TPSA) is 12.9 Å². The third kappa shape index (κ3) is 2.75. The van der Waals surface area contributed by atoms with Gasteiger partial charge in [-0.3, -0.25) is 0 Å². The summed E-state index contributed by atoms with van der Waals surface area (Å²) in [5.41, 5.74) is 1.39. The zero-order valence-electron chi connectivity index (χ0n) is 10.5. The highest BCUT2D eigenvalue weighted by Gasteiger charge is 2.11. The van der Waals surface area contributed by atoms with Gasteiger partial charge < -0.3 is 0 Å². The fraction of sp³-hybridized carbons (Fsp3) is 0.0625. The molecule has 0 bridgehead atoms. The first-order chi connectivity index (χ1) is 9.72.